The van der Waals surface area contributed by atoms with Gasteiger partial charge in [-0.3, -0.25) is 9.89 Å². The summed E-state index contributed by atoms with van der Waals surface area (Å²) in [6.45, 7) is 0.324. The van der Waals surface area contributed by atoms with E-state index >= 15 is 0 Å². The third-order valence-electron chi connectivity index (χ3n) is 3.23. The van der Waals surface area contributed by atoms with Crippen LogP contribution in [0.3, 0.4) is 0 Å². The van der Waals surface area contributed by atoms with Crippen molar-refractivity contribution in [3.8, 4) is 0 Å². The maximum atomic E-state index is 12.4. The first-order valence-electron chi connectivity index (χ1n) is 6.77. The summed E-state index contributed by atoms with van der Waals surface area (Å²) in [4.78, 5) is 19.2. The van der Waals surface area contributed by atoms with Crippen LogP contribution >= 0.6 is 0 Å². The Hall–Kier alpha value is -2.43. The number of ether oxygens (including phenoxy) is 1. The SMILES string of the molecule is O=C(NCc1nc(C(F)(F)F)n[nH]1)c1ncoc1C1CCCO1. The molecule has 0 saturated carbocycles. The van der Waals surface area contributed by atoms with Crippen molar-refractivity contribution in [1.29, 1.82) is 0 Å². The second-order valence-electron chi connectivity index (χ2n) is 4.85. The van der Waals surface area contributed by atoms with Crippen LogP contribution in [0.2, 0.25) is 0 Å². The number of rotatable bonds is 4. The molecule has 2 N–H and O–H groups in total. The summed E-state index contributed by atoms with van der Waals surface area (Å²) >= 11 is 0. The molecule has 124 valence electrons. The topological polar surface area (TPSA) is 106 Å². The molecule has 0 bridgehead atoms. The van der Waals surface area contributed by atoms with E-state index in [2.05, 4.69) is 25.5 Å². The number of aromatic nitrogens is 4. The van der Waals surface area contributed by atoms with Crippen LogP contribution in [-0.2, 0) is 17.5 Å². The smallest absolute Gasteiger partial charge is 0.445 e. The van der Waals surface area contributed by atoms with Gasteiger partial charge in [0.2, 0.25) is 0 Å². The summed E-state index contributed by atoms with van der Waals surface area (Å²) in [5.41, 5.74) is 0.0486. The number of carbonyl (C=O) groups excluding carboxylic acids is 1. The largest absolute Gasteiger partial charge is 0.453 e. The molecule has 1 saturated heterocycles. The number of hydrogen-bond donors (Lipinski definition) is 2. The van der Waals surface area contributed by atoms with E-state index in [0.29, 0.717) is 18.8 Å². The van der Waals surface area contributed by atoms with E-state index < -0.39 is 17.9 Å². The quantitative estimate of drug-likeness (QED) is 0.881. The molecule has 8 nitrogen and oxygen atoms in total. The maximum absolute atomic E-state index is 12.4. The minimum absolute atomic E-state index is 0.0486. The lowest BCUT2D eigenvalue weighted by atomic mass is 10.1. The van der Waals surface area contributed by atoms with Crippen molar-refractivity contribution in [2.75, 3.05) is 6.61 Å². The normalized spacial score (nSPS) is 18.3. The van der Waals surface area contributed by atoms with Gasteiger partial charge in [-0.1, -0.05) is 0 Å². The van der Waals surface area contributed by atoms with Gasteiger partial charge in [-0.15, -0.1) is 5.10 Å². The molecule has 11 heteroatoms. The predicted molar refractivity (Wildman–Crippen MR) is 67.0 cm³/mol. The molecule has 0 aliphatic carbocycles. The molecule has 0 radical (unpaired) electrons. The van der Waals surface area contributed by atoms with Gasteiger partial charge < -0.3 is 14.5 Å². The molecule has 2 aromatic heterocycles. The average molecular weight is 331 g/mol. The Morgan fingerprint density at radius 2 is 2.30 bits per heavy atom. The number of hydrogen-bond acceptors (Lipinski definition) is 6. The van der Waals surface area contributed by atoms with Crippen molar-refractivity contribution in [3.63, 3.8) is 0 Å². The van der Waals surface area contributed by atoms with E-state index in [0.717, 1.165) is 12.8 Å². The zero-order chi connectivity index (χ0) is 16.4. The first kappa shape index (κ1) is 15.5. The molecule has 2 aromatic rings. The molecule has 23 heavy (non-hydrogen) atoms. The summed E-state index contributed by atoms with van der Waals surface area (Å²) in [6, 6.07) is 0. The van der Waals surface area contributed by atoms with Crippen LogP contribution in [0.5, 0.6) is 0 Å². The second kappa shape index (κ2) is 5.99. The number of H-pyrrole nitrogens is 1. The van der Waals surface area contributed by atoms with E-state index in [1.165, 1.54) is 0 Å². The van der Waals surface area contributed by atoms with Gasteiger partial charge in [0.05, 0.1) is 6.54 Å². The fourth-order valence-electron chi connectivity index (χ4n) is 2.19. The zero-order valence-corrected chi connectivity index (χ0v) is 11.7. The molecule has 1 amide bonds. The molecule has 3 rings (SSSR count). The number of aromatic amines is 1. The highest BCUT2D eigenvalue weighted by Crippen LogP contribution is 2.30. The number of alkyl halides is 3. The Balaban J connectivity index is 1.64. The fourth-order valence-corrected chi connectivity index (χ4v) is 2.19. The van der Waals surface area contributed by atoms with Gasteiger partial charge in [-0.2, -0.15) is 13.2 Å². The minimum atomic E-state index is -4.64. The number of nitrogens with one attached hydrogen (secondary N) is 2. The van der Waals surface area contributed by atoms with Crippen LogP contribution in [0.1, 0.15) is 46.8 Å². The molecule has 1 aliphatic heterocycles. The molecule has 1 unspecified atom stereocenters. The van der Waals surface area contributed by atoms with Crippen LogP contribution in [0, 0.1) is 0 Å². The summed E-state index contributed by atoms with van der Waals surface area (Å²) in [5, 5.41) is 7.57. The summed E-state index contributed by atoms with van der Waals surface area (Å²) in [7, 11) is 0. The van der Waals surface area contributed by atoms with Gasteiger partial charge in [0.25, 0.3) is 11.7 Å². The number of amides is 1. The van der Waals surface area contributed by atoms with Gasteiger partial charge in [0.1, 0.15) is 11.9 Å². The zero-order valence-electron chi connectivity index (χ0n) is 11.7. The monoisotopic (exact) mass is 331 g/mol. The molecule has 0 aromatic carbocycles. The lowest BCUT2D eigenvalue weighted by molar-refractivity contribution is -0.144. The Morgan fingerprint density at radius 1 is 1.48 bits per heavy atom. The number of halogens is 3. The highest BCUT2D eigenvalue weighted by molar-refractivity contribution is 5.93. The Bertz CT molecular complexity index is 690. The van der Waals surface area contributed by atoms with Gasteiger partial charge in [0.15, 0.2) is 17.8 Å². The van der Waals surface area contributed by atoms with E-state index in [4.69, 9.17) is 9.15 Å². The standard InChI is InChI=1S/C12H12F3N5O3/c13-12(14,15)11-18-7(19-20-11)4-16-10(21)8-9(23-5-17-8)6-2-1-3-22-6/h5-6H,1-4H2,(H,16,21)(H,18,19,20). The average Bonchev–Trinajstić information content (AvgIpc) is 3.22. The Morgan fingerprint density at radius 3 is 2.96 bits per heavy atom. The van der Waals surface area contributed by atoms with Gasteiger partial charge in [0, 0.05) is 6.61 Å². The molecular formula is C12H12F3N5O3. The third-order valence-corrected chi connectivity index (χ3v) is 3.23. The van der Waals surface area contributed by atoms with E-state index in [-0.39, 0.29) is 24.2 Å². The van der Waals surface area contributed by atoms with Crippen molar-refractivity contribution in [2.45, 2.75) is 31.7 Å². The van der Waals surface area contributed by atoms with Crippen LogP contribution in [0.15, 0.2) is 10.8 Å². The van der Waals surface area contributed by atoms with Crippen molar-refractivity contribution < 1.29 is 27.1 Å². The van der Waals surface area contributed by atoms with Gasteiger partial charge in [-0.05, 0) is 12.8 Å². The van der Waals surface area contributed by atoms with Crippen LogP contribution in [0.25, 0.3) is 0 Å². The third kappa shape index (κ3) is 3.33. The maximum Gasteiger partial charge on any atom is 0.453 e. The highest BCUT2D eigenvalue weighted by atomic mass is 19.4. The van der Waals surface area contributed by atoms with Crippen molar-refractivity contribution in [2.24, 2.45) is 0 Å². The molecule has 1 aliphatic rings. The van der Waals surface area contributed by atoms with Crippen LogP contribution in [0.4, 0.5) is 13.2 Å². The molecule has 1 fully saturated rings. The van der Waals surface area contributed by atoms with Gasteiger partial charge in [-0.25, -0.2) is 9.97 Å². The Labute approximate surface area is 127 Å². The first-order chi connectivity index (χ1) is 10.9. The molecule has 0 spiro atoms. The second-order valence-corrected chi connectivity index (χ2v) is 4.85. The summed E-state index contributed by atoms with van der Waals surface area (Å²) in [5.74, 6) is -1.68. The van der Waals surface area contributed by atoms with E-state index in [1.807, 2.05) is 0 Å². The van der Waals surface area contributed by atoms with Crippen LogP contribution < -0.4 is 5.32 Å². The lowest BCUT2D eigenvalue weighted by Gasteiger charge is -2.07. The van der Waals surface area contributed by atoms with Crippen molar-refractivity contribution >= 4 is 5.91 Å². The van der Waals surface area contributed by atoms with Gasteiger partial charge >= 0.3 is 6.18 Å². The summed E-state index contributed by atoms with van der Waals surface area (Å²) in [6.07, 6.45) is -2.28. The first-order valence-corrected chi connectivity index (χ1v) is 6.77. The Kier molecular flexibility index (Phi) is 4.03. The minimum Gasteiger partial charge on any atom is -0.445 e. The van der Waals surface area contributed by atoms with E-state index in [9.17, 15) is 18.0 Å². The van der Waals surface area contributed by atoms with Crippen LogP contribution in [-0.4, -0.2) is 32.7 Å². The number of oxazole rings is 1. The predicted octanol–water partition coefficient (Wildman–Crippen LogP) is 1.59. The highest BCUT2D eigenvalue weighted by Gasteiger charge is 2.36. The lowest BCUT2D eigenvalue weighted by Crippen LogP contribution is -2.25. The molecule has 1 atom stereocenters. The molecule has 3 heterocycles. The van der Waals surface area contributed by atoms with E-state index in [1.54, 1.807) is 0 Å². The number of nitrogens with zero attached hydrogens (tertiary/aromatic N) is 3. The van der Waals surface area contributed by atoms with Crippen molar-refractivity contribution in [3.05, 3.63) is 29.5 Å². The fraction of sp³-hybridized carbons (Fsp3) is 0.500. The summed E-state index contributed by atoms with van der Waals surface area (Å²) < 4.78 is 47.8. The van der Waals surface area contributed by atoms with Crippen molar-refractivity contribution in [1.82, 2.24) is 25.5 Å². The molecular weight excluding hydrogens is 319 g/mol. The number of carbonyl (C=O) groups is 1.